The molecule has 0 aliphatic rings. The molecule has 0 unspecified atom stereocenters. The maximum Gasteiger partial charge on any atom is 0.119 e. The van der Waals surface area contributed by atoms with Gasteiger partial charge in [-0.05, 0) is 43.4 Å². The van der Waals surface area contributed by atoms with Gasteiger partial charge in [0.1, 0.15) is 12.4 Å². The number of hydrogen-bond donors (Lipinski definition) is 0. The van der Waals surface area contributed by atoms with Crippen LogP contribution in [0.4, 0.5) is 0 Å². The minimum atomic E-state index is 0.623. The van der Waals surface area contributed by atoms with Gasteiger partial charge in [0.15, 0.2) is 0 Å². The van der Waals surface area contributed by atoms with Crippen LogP contribution in [0.1, 0.15) is 76.7 Å². The molecule has 0 atom stereocenters. The maximum absolute atomic E-state index is 5.73. The third-order valence-electron chi connectivity index (χ3n) is 4.41. The van der Waals surface area contributed by atoms with E-state index in [1.54, 1.807) is 0 Å². The van der Waals surface area contributed by atoms with Crippen LogP contribution in [-0.4, -0.2) is 25.7 Å². The molecule has 25 heavy (non-hydrogen) atoms. The van der Waals surface area contributed by atoms with E-state index >= 15 is 0 Å². The van der Waals surface area contributed by atoms with Crippen LogP contribution in [0.2, 0.25) is 0 Å². The molecule has 0 spiro atoms. The van der Waals surface area contributed by atoms with Crippen LogP contribution < -0.4 is 4.74 Å². The summed E-state index contributed by atoms with van der Waals surface area (Å²) in [7, 11) is 0. The van der Waals surface area contributed by atoms with E-state index in [4.69, 9.17) is 21.1 Å². The van der Waals surface area contributed by atoms with Crippen molar-refractivity contribution in [1.82, 2.24) is 0 Å². The van der Waals surface area contributed by atoms with E-state index < -0.39 is 0 Å². The molecule has 1 aromatic carbocycles. The highest BCUT2D eigenvalue weighted by atomic mass is 35.5. The van der Waals surface area contributed by atoms with Gasteiger partial charge in [-0.3, -0.25) is 0 Å². The summed E-state index contributed by atoms with van der Waals surface area (Å²) in [6, 6.07) is 8.55. The van der Waals surface area contributed by atoms with E-state index in [1.807, 2.05) is 0 Å². The average molecular weight is 369 g/mol. The molecule has 0 N–H and O–H groups in total. The SMILES string of the molecule is CCCCCCCCc1ccc(OCCOCCCCCCCl)cc1. The number of alkyl halides is 1. The van der Waals surface area contributed by atoms with Crippen LogP contribution in [0.15, 0.2) is 24.3 Å². The van der Waals surface area contributed by atoms with Gasteiger partial charge in [0.05, 0.1) is 6.61 Å². The number of halogens is 1. The number of hydrogen-bond acceptors (Lipinski definition) is 2. The first kappa shape index (κ1) is 22.3. The molecule has 0 radical (unpaired) electrons. The van der Waals surface area contributed by atoms with Crippen LogP contribution in [0.5, 0.6) is 5.75 Å². The zero-order chi connectivity index (χ0) is 18.0. The number of rotatable bonds is 17. The third kappa shape index (κ3) is 13.2. The lowest BCUT2D eigenvalue weighted by atomic mass is 10.0. The summed E-state index contributed by atoms with van der Waals surface area (Å²) >= 11 is 5.65. The standard InChI is InChI=1S/C22H37ClO2/c1-2-3-4-5-6-9-12-21-13-15-22(16-14-21)25-20-19-24-18-11-8-7-10-17-23/h13-16H,2-12,17-20H2,1H3. The van der Waals surface area contributed by atoms with Crippen LogP contribution in [0.3, 0.4) is 0 Å². The molecular weight excluding hydrogens is 332 g/mol. The fraction of sp³-hybridized carbons (Fsp3) is 0.727. The van der Waals surface area contributed by atoms with Crippen molar-refractivity contribution in [3.05, 3.63) is 29.8 Å². The van der Waals surface area contributed by atoms with Gasteiger partial charge in [-0.1, -0.05) is 64.0 Å². The summed E-state index contributed by atoms with van der Waals surface area (Å²) in [4.78, 5) is 0. The fourth-order valence-electron chi connectivity index (χ4n) is 2.83. The highest BCUT2D eigenvalue weighted by Crippen LogP contribution is 2.15. The van der Waals surface area contributed by atoms with E-state index in [1.165, 1.54) is 63.4 Å². The van der Waals surface area contributed by atoms with Crippen molar-refractivity contribution >= 4 is 11.6 Å². The first-order valence-corrected chi connectivity index (χ1v) is 10.8. The van der Waals surface area contributed by atoms with Crippen LogP contribution >= 0.6 is 11.6 Å². The molecule has 0 fully saturated rings. The predicted molar refractivity (Wildman–Crippen MR) is 109 cm³/mol. The van der Waals surface area contributed by atoms with E-state index in [0.29, 0.717) is 13.2 Å². The van der Waals surface area contributed by atoms with Crippen molar-refractivity contribution in [3.8, 4) is 5.75 Å². The molecule has 2 nitrogen and oxygen atoms in total. The molecule has 1 aromatic rings. The summed E-state index contributed by atoms with van der Waals surface area (Å²) in [6.07, 6.45) is 13.9. The molecule has 0 aliphatic heterocycles. The Morgan fingerprint density at radius 3 is 2.16 bits per heavy atom. The Morgan fingerprint density at radius 2 is 1.40 bits per heavy atom. The molecule has 1 rings (SSSR count). The summed E-state index contributed by atoms with van der Waals surface area (Å²) < 4.78 is 11.3. The third-order valence-corrected chi connectivity index (χ3v) is 4.68. The van der Waals surface area contributed by atoms with Gasteiger partial charge < -0.3 is 9.47 Å². The second kappa shape index (κ2) is 16.7. The van der Waals surface area contributed by atoms with E-state index in [-0.39, 0.29) is 0 Å². The highest BCUT2D eigenvalue weighted by Gasteiger charge is 1.98. The smallest absolute Gasteiger partial charge is 0.119 e. The minimum Gasteiger partial charge on any atom is -0.491 e. The summed E-state index contributed by atoms with van der Waals surface area (Å²) in [5, 5.41) is 0. The van der Waals surface area contributed by atoms with Gasteiger partial charge in [-0.15, -0.1) is 11.6 Å². The minimum absolute atomic E-state index is 0.623. The normalized spacial score (nSPS) is 11.0. The molecule has 0 saturated carbocycles. The predicted octanol–water partition coefficient (Wildman–Crippen LogP) is 6.78. The number of aryl methyl sites for hydroxylation is 1. The van der Waals surface area contributed by atoms with Crippen molar-refractivity contribution in [2.45, 2.75) is 77.6 Å². The Morgan fingerprint density at radius 1 is 0.720 bits per heavy atom. The van der Waals surface area contributed by atoms with E-state index in [0.717, 1.165) is 31.1 Å². The fourth-order valence-corrected chi connectivity index (χ4v) is 3.02. The number of unbranched alkanes of at least 4 members (excludes halogenated alkanes) is 8. The van der Waals surface area contributed by atoms with Gasteiger partial charge in [0, 0.05) is 12.5 Å². The summed E-state index contributed by atoms with van der Waals surface area (Å²) in [5.74, 6) is 1.71. The lowest BCUT2D eigenvalue weighted by Crippen LogP contribution is -2.07. The first-order chi connectivity index (χ1) is 12.4. The second-order valence-electron chi connectivity index (χ2n) is 6.73. The Kier molecular flexibility index (Phi) is 14.9. The Labute approximate surface area is 160 Å². The van der Waals surface area contributed by atoms with E-state index in [9.17, 15) is 0 Å². The molecular formula is C22H37ClO2. The molecule has 0 saturated heterocycles. The Hall–Kier alpha value is -0.730. The van der Waals surface area contributed by atoms with Crippen LogP contribution in [-0.2, 0) is 11.2 Å². The van der Waals surface area contributed by atoms with Crippen molar-refractivity contribution in [2.24, 2.45) is 0 Å². The topological polar surface area (TPSA) is 18.5 Å². The summed E-state index contributed by atoms with van der Waals surface area (Å²) in [6.45, 7) is 4.37. The highest BCUT2D eigenvalue weighted by molar-refractivity contribution is 6.17. The molecule has 0 heterocycles. The monoisotopic (exact) mass is 368 g/mol. The van der Waals surface area contributed by atoms with Crippen molar-refractivity contribution < 1.29 is 9.47 Å². The zero-order valence-corrected chi connectivity index (χ0v) is 16.9. The van der Waals surface area contributed by atoms with Gasteiger partial charge >= 0.3 is 0 Å². The quantitative estimate of drug-likeness (QED) is 0.223. The maximum atomic E-state index is 5.73. The molecule has 0 aromatic heterocycles. The first-order valence-electron chi connectivity index (χ1n) is 10.2. The van der Waals surface area contributed by atoms with Crippen molar-refractivity contribution in [1.29, 1.82) is 0 Å². The summed E-state index contributed by atoms with van der Waals surface area (Å²) in [5.41, 5.74) is 1.41. The van der Waals surface area contributed by atoms with Crippen molar-refractivity contribution in [2.75, 3.05) is 25.7 Å². The van der Waals surface area contributed by atoms with Crippen LogP contribution in [0.25, 0.3) is 0 Å². The molecule has 0 bridgehead atoms. The number of benzene rings is 1. The molecule has 144 valence electrons. The molecule has 0 aliphatic carbocycles. The van der Waals surface area contributed by atoms with Gasteiger partial charge in [0.25, 0.3) is 0 Å². The Bertz CT molecular complexity index is 392. The molecule has 0 amide bonds. The van der Waals surface area contributed by atoms with Crippen molar-refractivity contribution in [3.63, 3.8) is 0 Å². The lowest BCUT2D eigenvalue weighted by molar-refractivity contribution is 0.0971. The average Bonchev–Trinajstić information content (AvgIpc) is 2.64. The van der Waals surface area contributed by atoms with Gasteiger partial charge in [-0.2, -0.15) is 0 Å². The van der Waals surface area contributed by atoms with Crippen LogP contribution in [0, 0.1) is 0 Å². The zero-order valence-electron chi connectivity index (χ0n) is 16.1. The van der Waals surface area contributed by atoms with Gasteiger partial charge in [0.2, 0.25) is 0 Å². The largest absolute Gasteiger partial charge is 0.491 e. The van der Waals surface area contributed by atoms with Gasteiger partial charge in [-0.25, -0.2) is 0 Å². The lowest BCUT2D eigenvalue weighted by Gasteiger charge is -2.08. The molecule has 3 heteroatoms. The Balaban J connectivity index is 1.99. The number of ether oxygens (including phenoxy) is 2. The second-order valence-corrected chi connectivity index (χ2v) is 7.10. The van der Waals surface area contributed by atoms with E-state index in [2.05, 4.69) is 31.2 Å².